The van der Waals surface area contributed by atoms with Crippen LogP contribution in [0.4, 0.5) is 5.69 Å². The highest BCUT2D eigenvalue weighted by atomic mass is 16.5. The maximum atomic E-state index is 12.1. The van der Waals surface area contributed by atoms with Crippen LogP contribution in [0.25, 0.3) is 0 Å². The van der Waals surface area contributed by atoms with Gasteiger partial charge in [0.1, 0.15) is 11.3 Å². The Kier molecular flexibility index (Phi) is 6.19. The van der Waals surface area contributed by atoms with Gasteiger partial charge in [0.05, 0.1) is 6.61 Å². The van der Waals surface area contributed by atoms with Gasteiger partial charge in [-0.2, -0.15) is 0 Å². The van der Waals surface area contributed by atoms with Gasteiger partial charge in [0.25, 0.3) is 5.91 Å². The zero-order valence-electron chi connectivity index (χ0n) is 12.0. The minimum absolute atomic E-state index is 0.162. The van der Waals surface area contributed by atoms with Crippen LogP contribution in [-0.2, 0) is 0 Å². The number of nitrogens with two attached hydrogens (primary N) is 1. The quantitative estimate of drug-likeness (QED) is 0.588. The van der Waals surface area contributed by atoms with E-state index in [-0.39, 0.29) is 5.91 Å². The molecule has 1 aromatic carbocycles. The summed E-state index contributed by atoms with van der Waals surface area (Å²) >= 11 is 0. The van der Waals surface area contributed by atoms with Gasteiger partial charge in [0, 0.05) is 12.2 Å². The van der Waals surface area contributed by atoms with E-state index in [1.165, 1.54) is 0 Å². The Labute approximate surface area is 115 Å². The molecular formula is C15H24N2O2. The summed E-state index contributed by atoms with van der Waals surface area (Å²) in [6, 6.07) is 5.27. The van der Waals surface area contributed by atoms with Crippen molar-refractivity contribution in [2.75, 3.05) is 18.9 Å². The van der Waals surface area contributed by atoms with E-state index in [2.05, 4.69) is 19.2 Å². The first-order valence-corrected chi connectivity index (χ1v) is 6.85. The van der Waals surface area contributed by atoms with Gasteiger partial charge in [0.2, 0.25) is 0 Å². The molecule has 0 spiro atoms. The molecule has 0 fully saturated rings. The standard InChI is InChI=1S/C15H24N2O2/c1-4-19-13-9-5-8-12(16)14(13)15(18)17-10-6-7-11(2)3/h5,8-9,11H,4,6-7,10,16H2,1-3H3,(H,17,18). The number of amides is 1. The van der Waals surface area contributed by atoms with Crippen molar-refractivity contribution in [3.63, 3.8) is 0 Å². The van der Waals surface area contributed by atoms with Crippen LogP contribution in [0, 0.1) is 5.92 Å². The Hall–Kier alpha value is -1.71. The molecule has 0 heterocycles. The minimum atomic E-state index is -0.162. The molecule has 4 nitrogen and oxygen atoms in total. The van der Waals surface area contributed by atoms with Crippen molar-refractivity contribution < 1.29 is 9.53 Å². The number of nitrogen functional groups attached to an aromatic ring is 1. The Morgan fingerprint density at radius 2 is 2.16 bits per heavy atom. The maximum Gasteiger partial charge on any atom is 0.257 e. The van der Waals surface area contributed by atoms with E-state index >= 15 is 0 Å². The monoisotopic (exact) mass is 264 g/mol. The third kappa shape index (κ3) is 4.81. The van der Waals surface area contributed by atoms with Crippen LogP contribution in [0.1, 0.15) is 44.0 Å². The second-order valence-electron chi connectivity index (χ2n) is 4.95. The van der Waals surface area contributed by atoms with Gasteiger partial charge in [-0.25, -0.2) is 0 Å². The Morgan fingerprint density at radius 1 is 1.42 bits per heavy atom. The first-order valence-electron chi connectivity index (χ1n) is 6.85. The summed E-state index contributed by atoms with van der Waals surface area (Å²) in [5.41, 5.74) is 6.75. The smallest absolute Gasteiger partial charge is 0.257 e. The summed E-state index contributed by atoms with van der Waals surface area (Å²) in [5.74, 6) is 1.03. The van der Waals surface area contributed by atoms with Crippen molar-refractivity contribution in [2.24, 2.45) is 5.92 Å². The molecule has 1 amide bonds. The molecule has 0 aliphatic carbocycles. The summed E-state index contributed by atoms with van der Waals surface area (Å²) in [5, 5.41) is 2.90. The number of benzene rings is 1. The van der Waals surface area contributed by atoms with Crippen LogP contribution in [0.15, 0.2) is 18.2 Å². The fourth-order valence-corrected chi connectivity index (χ4v) is 1.87. The highest BCUT2D eigenvalue weighted by Crippen LogP contribution is 2.24. The van der Waals surface area contributed by atoms with Gasteiger partial charge < -0.3 is 15.8 Å². The zero-order valence-corrected chi connectivity index (χ0v) is 12.0. The van der Waals surface area contributed by atoms with Gasteiger partial charge in [0.15, 0.2) is 0 Å². The van der Waals surface area contributed by atoms with E-state index in [9.17, 15) is 4.79 Å². The fraction of sp³-hybridized carbons (Fsp3) is 0.533. The molecule has 0 aromatic heterocycles. The molecule has 1 rings (SSSR count). The Balaban J connectivity index is 2.65. The number of hydrogen-bond acceptors (Lipinski definition) is 3. The summed E-state index contributed by atoms with van der Waals surface area (Å²) in [7, 11) is 0. The summed E-state index contributed by atoms with van der Waals surface area (Å²) in [6.45, 7) is 7.40. The number of carbonyl (C=O) groups is 1. The van der Waals surface area contributed by atoms with Crippen LogP contribution in [0.3, 0.4) is 0 Å². The molecular weight excluding hydrogens is 240 g/mol. The Morgan fingerprint density at radius 3 is 2.79 bits per heavy atom. The lowest BCUT2D eigenvalue weighted by molar-refractivity contribution is 0.0949. The van der Waals surface area contributed by atoms with Crippen LogP contribution in [0.5, 0.6) is 5.75 Å². The van der Waals surface area contributed by atoms with Crippen LogP contribution < -0.4 is 15.8 Å². The third-order valence-electron chi connectivity index (χ3n) is 2.83. The second kappa shape index (κ2) is 7.67. The molecule has 0 aliphatic heterocycles. The van der Waals surface area contributed by atoms with Crippen molar-refractivity contribution in [1.82, 2.24) is 5.32 Å². The predicted octanol–water partition coefficient (Wildman–Crippen LogP) is 2.83. The van der Waals surface area contributed by atoms with Crippen LogP contribution in [-0.4, -0.2) is 19.1 Å². The van der Waals surface area contributed by atoms with E-state index in [1.807, 2.05) is 6.92 Å². The second-order valence-corrected chi connectivity index (χ2v) is 4.95. The molecule has 0 radical (unpaired) electrons. The van der Waals surface area contributed by atoms with E-state index in [1.54, 1.807) is 18.2 Å². The number of hydrogen-bond donors (Lipinski definition) is 2. The number of nitrogens with one attached hydrogen (secondary N) is 1. The average Bonchev–Trinajstić information content (AvgIpc) is 2.35. The molecule has 0 unspecified atom stereocenters. The number of ether oxygens (including phenoxy) is 1. The molecule has 3 N–H and O–H groups in total. The normalized spacial score (nSPS) is 10.5. The minimum Gasteiger partial charge on any atom is -0.493 e. The van der Waals surface area contributed by atoms with Gasteiger partial charge >= 0.3 is 0 Å². The van der Waals surface area contributed by atoms with Gasteiger partial charge in [-0.05, 0) is 37.8 Å². The molecule has 19 heavy (non-hydrogen) atoms. The van der Waals surface area contributed by atoms with E-state index < -0.39 is 0 Å². The first kappa shape index (κ1) is 15.3. The fourth-order valence-electron chi connectivity index (χ4n) is 1.87. The molecule has 1 aromatic rings. The average molecular weight is 264 g/mol. The first-order chi connectivity index (χ1) is 9.06. The van der Waals surface area contributed by atoms with E-state index in [0.29, 0.717) is 36.1 Å². The van der Waals surface area contributed by atoms with Crippen LogP contribution in [0.2, 0.25) is 0 Å². The SMILES string of the molecule is CCOc1cccc(N)c1C(=O)NCCCC(C)C. The molecule has 4 heteroatoms. The van der Waals surface area contributed by atoms with Crippen molar-refractivity contribution in [3.8, 4) is 5.75 Å². The predicted molar refractivity (Wildman–Crippen MR) is 78.4 cm³/mol. The zero-order chi connectivity index (χ0) is 14.3. The lowest BCUT2D eigenvalue weighted by atomic mass is 10.1. The molecule has 0 aliphatic rings. The number of rotatable bonds is 7. The number of carbonyl (C=O) groups excluding carboxylic acids is 1. The summed E-state index contributed by atoms with van der Waals surface area (Å²) in [6.07, 6.45) is 2.07. The Bertz CT molecular complexity index is 417. The van der Waals surface area contributed by atoms with Gasteiger partial charge in [-0.15, -0.1) is 0 Å². The molecule has 0 saturated heterocycles. The summed E-state index contributed by atoms with van der Waals surface area (Å²) in [4.78, 5) is 12.1. The van der Waals surface area contributed by atoms with Gasteiger partial charge in [-0.3, -0.25) is 4.79 Å². The van der Waals surface area contributed by atoms with E-state index in [4.69, 9.17) is 10.5 Å². The maximum absolute atomic E-state index is 12.1. The van der Waals surface area contributed by atoms with Crippen molar-refractivity contribution in [1.29, 1.82) is 0 Å². The summed E-state index contributed by atoms with van der Waals surface area (Å²) < 4.78 is 5.44. The molecule has 0 bridgehead atoms. The largest absolute Gasteiger partial charge is 0.493 e. The van der Waals surface area contributed by atoms with Crippen molar-refractivity contribution >= 4 is 11.6 Å². The lowest BCUT2D eigenvalue weighted by Crippen LogP contribution is -2.26. The topological polar surface area (TPSA) is 64.3 Å². The molecule has 0 saturated carbocycles. The highest BCUT2D eigenvalue weighted by molar-refractivity contribution is 6.01. The lowest BCUT2D eigenvalue weighted by Gasteiger charge is -2.13. The highest BCUT2D eigenvalue weighted by Gasteiger charge is 2.15. The van der Waals surface area contributed by atoms with Crippen LogP contribution >= 0.6 is 0 Å². The van der Waals surface area contributed by atoms with Crippen molar-refractivity contribution in [3.05, 3.63) is 23.8 Å². The third-order valence-corrected chi connectivity index (χ3v) is 2.83. The molecule has 106 valence electrons. The van der Waals surface area contributed by atoms with Gasteiger partial charge in [-0.1, -0.05) is 19.9 Å². The molecule has 0 atom stereocenters. The number of anilines is 1. The van der Waals surface area contributed by atoms with E-state index in [0.717, 1.165) is 12.8 Å². The van der Waals surface area contributed by atoms with Crippen molar-refractivity contribution in [2.45, 2.75) is 33.6 Å².